The molecule has 1 aromatic heterocycles. The number of fused-ring (bicyclic) bond motifs is 1. The van der Waals surface area contributed by atoms with Gasteiger partial charge in [-0.05, 0) is 6.92 Å². The molecule has 5 N–H and O–H groups in total. The first-order valence-corrected chi connectivity index (χ1v) is 9.77. The van der Waals surface area contributed by atoms with Gasteiger partial charge in [-0.2, -0.15) is 0 Å². The molecule has 11 heteroatoms. The van der Waals surface area contributed by atoms with E-state index in [0.717, 1.165) is 0 Å². The maximum absolute atomic E-state index is 13.4. The molecule has 152 valence electrons. The van der Waals surface area contributed by atoms with Crippen molar-refractivity contribution in [3.63, 3.8) is 0 Å². The van der Waals surface area contributed by atoms with Gasteiger partial charge >= 0.3 is 0 Å². The molecule has 3 rings (SSSR count). The average molecular weight is 416 g/mol. The van der Waals surface area contributed by atoms with Crippen LogP contribution in [0.1, 0.15) is 24.4 Å². The van der Waals surface area contributed by atoms with E-state index in [1.54, 1.807) is 0 Å². The molecule has 0 spiro atoms. The Morgan fingerprint density at radius 1 is 1.29 bits per heavy atom. The molecule has 1 aromatic carbocycles. The van der Waals surface area contributed by atoms with E-state index in [0.29, 0.717) is 12.1 Å². The van der Waals surface area contributed by atoms with Gasteiger partial charge in [0.2, 0.25) is 0 Å². The summed E-state index contributed by atoms with van der Waals surface area (Å²) in [5.74, 6) is -4.46. The maximum atomic E-state index is 13.4. The van der Waals surface area contributed by atoms with E-state index in [2.05, 4.69) is 10.0 Å². The summed E-state index contributed by atoms with van der Waals surface area (Å²) >= 11 is 0. The average Bonchev–Trinajstić information content (AvgIpc) is 2.87. The van der Waals surface area contributed by atoms with E-state index in [9.17, 15) is 27.6 Å². The molecule has 7 nitrogen and oxygen atoms in total. The van der Waals surface area contributed by atoms with Gasteiger partial charge in [0, 0.05) is 36.6 Å². The van der Waals surface area contributed by atoms with Crippen molar-refractivity contribution in [1.29, 1.82) is 4.78 Å². The highest BCUT2D eigenvalue weighted by Gasteiger charge is 2.29. The van der Waals surface area contributed by atoms with Crippen LogP contribution < -0.4 is 10.0 Å². The minimum absolute atomic E-state index is 0.0849. The Hall–Kier alpha value is -2.34. The topological polar surface area (TPSA) is 110 Å². The fraction of sp³-hybridized carbons (Fsp3) is 0.294. The maximum Gasteiger partial charge on any atom is 0.194 e. The van der Waals surface area contributed by atoms with Crippen molar-refractivity contribution in [2.45, 2.75) is 30.2 Å². The Morgan fingerprint density at radius 2 is 1.89 bits per heavy atom. The number of aliphatic hydroxyl groups is 2. The minimum Gasteiger partial charge on any atom is -0.391 e. The summed E-state index contributed by atoms with van der Waals surface area (Å²) in [4.78, 5) is 0.0849. The highest BCUT2D eigenvalue weighted by Crippen LogP contribution is 2.31. The lowest BCUT2D eigenvalue weighted by atomic mass is 10.1. The fourth-order valence-electron chi connectivity index (χ4n) is 2.99. The zero-order valence-electron chi connectivity index (χ0n) is 14.9. The van der Waals surface area contributed by atoms with Crippen LogP contribution in [0.25, 0.3) is 6.08 Å². The van der Waals surface area contributed by atoms with Crippen LogP contribution in [-0.2, 0) is 17.0 Å². The summed E-state index contributed by atoms with van der Waals surface area (Å²) in [5.41, 5.74) is 0.230. The number of benzene rings is 1. The molecule has 0 amide bonds. The third kappa shape index (κ3) is 3.65. The largest absolute Gasteiger partial charge is 0.391 e. The lowest BCUT2D eigenvalue weighted by molar-refractivity contribution is 0.175. The summed E-state index contributed by atoms with van der Waals surface area (Å²) in [5, 5.41) is 22.8. The normalized spacial score (nSPS) is 23.8. The van der Waals surface area contributed by atoms with Crippen LogP contribution in [0.2, 0.25) is 0 Å². The van der Waals surface area contributed by atoms with E-state index in [-0.39, 0.29) is 21.8 Å². The molecule has 0 bridgehead atoms. The number of nitrogens with zero attached hydrogens (tertiary/aromatic N) is 1. The Bertz CT molecular complexity index is 1030. The van der Waals surface area contributed by atoms with Crippen molar-refractivity contribution in [2.75, 3.05) is 5.32 Å². The zero-order valence-corrected chi connectivity index (χ0v) is 15.7. The van der Waals surface area contributed by atoms with E-state index in [1.807, 2.05) is 0 Å². The van der Waals surface area contributed by atoms with Crippen LogP contribution in [0.15, 0.2) is 29.3 Å². The first kappa shape index (κ1) is 20.4. The molecule has 2 aromatic rings. The van der Waals surface area contributed by atoms with E-state index in [1.165, 1.54) is 36.9 Å². The highest BCUT2D eigenvalue weighted by atomic mass is 32.2. The Labute approximate surface area is 159 Å². The monoisotopic (exact) mass is 416 g/mol. The van der Waals surface area contributed by atoms with Gasteiger partial charge in [-0.1, -0.05) is 12.2 Å². The van der Waals surface area contributed by atoms with E-state index < -0.39 is 45.7 Å². The predicted molar refractivity (Wildman–Crippen MR) is 97.1 cm³/mol. The van der Waals surface area contributed by atoms with Gasteiger partial charge in [0.15, 0.2) is 23.7 Å². The van der Waals surface area contributed by atoms with E-state index >= 15 is 0 Å². The molecule has 0 fully saturated rings. The van der Waals surface area contributed by atoms with E-state index in [4.69, 9.17) is 4.78 Å². The number of rotatable bonds is 4. The summed E-state index contributed by atoms with van der Waals surface area (Å²) in [6.07, 6.45) is 1.97. The molecule has 4 atom stereocenters. The summed E-state index contributed by atoms with van der Waals surface area (Å²) < 4.78 is 64.8. The molecule has 0 saturated heterocycles. The third-order valence-electron chi connectivity index (χ3n) is 4.38. The molecule has 3 unspecified atom stereocenters. The van der Waals surface area contributed by atoms with Crippen molar-refractivity contribution >= 4 is 21.7 Å². The van der Waals surface area contributed by atoms with Crippen LogP contribution >= 0.6 is 0 Å². The highest BCUT2D eigenvalue weighted by molar-refractivity contribution is 7.90. The first-order chi connectivity index (χ1) is 13.0. The standard InChI is InChI=1S/C17H19F3N4O3S/c1-8(25)13-4-3-10-14(28(21,27)23-13)7-24(2)16(10)17(26)22-9-5-11(18)15(20)12(19)6-9/h3-8,13,17,22,25-26H,1-2H3,(H2,21,23,27)/t8?,13-,17?,28?/m1/s1. The summed E-state index contributed by atoms with van der Waals surface area (Å²) in [6.45, 7) is 1.47. The molecule has 2 heterocycles. The molecule has 0 aliphatic carbocycles. The van der Waals surface area contributed by atoms with Crippen molar-refractivity contribution in [2.24, 2.45) is 7.05 Å². The van der Waals surface area contributed by atoms with Crippen LogP contribution in [0.3, 0.4) is 0 Å². The number of anilines is 1. The smallest absolute Gasteiger partial charge is 0.194 e. The number of aromatic nitrogens is 1. The third-order valence-corrected chi connectivity index (χ3v) is 5.93. The van der Waals surface area contributed by atoms with Crippen LogP contribution in [0, 0.1) is 22.2 Å². The van der Waals surface area contributed by atoms with Crippen molar-refractivity contribution in [3.8, 4) is 0 Å². The Kier molecular flexibility index (Phi) is 5.28. The zero-order chi connectivity index (χ0) is 20.8. The molecule has 0 radical (unpaired) electrons. The first-order valence-electron chi connectivity index (χ1n) is 8.22. The molecule has 28 heavy (non-hydrogen) atoms. The second-order valence-corrected chi connectivity index (χ2v) is 8.29. The quantitative estimate of drug-likeness (QED) is 0.389. The van der Waals surface area contributed by atoms with Gasteiger partial charge in [-0.3, -0.25) is 0 Å². The minimum atomic E-state index is -3.50. The molecular weight excluding hydrogens is 397 g/mol. The number of halogens is 3. The number of nitrogens with one attached hydrogen (secondary N) is 3. The number of aliphatic hydroxyl groups excluding tert-OH is 2. The van der Waals surface area contributed by atoms with Crippen LogP contribution in [0.5, 0.6) is 0 Å². The lowest BCUT2D eigenvalue weighted by Gasteiger charge is -2.17. The van der Waals surface area contributed by atoms with Crippen LogP contribution in [-0.4, -0.2) is 31.1 Å². The Balaban J connectivity index is 2.02. The van der Waals surface area contributed by atoms with Gasteiger partial charge in [-0.25, -0.2) is 26.9 Å². The van der Waals surface area contributed by atoms with Crippen molar-refractivity contribution < 1.29 is 27.6 Å². The van der Waals surface area contributed by atoms with Gasteiger partial charge in [0.25, 0.3) is 0 Å². The number of hydrogen-bond acceptors (Lipinski definition) is 5. The molecule has 1 aliphatic rings. The fourth-order valence-corrected chi connectivity index (χ4v) is 4.56. The van der Waals surface area contributed by atoms with Gasteiger partial charge in [0.05, 0.1) is 22.7 Å². The molecule has 0 saturated carbocycles. The lowest BCUT2D eigenvalue weighted by Crippen LogP contribution is -2.39. The van der Waals surface area contributed by atoms with Crippen molar-refractivity contribution in [1.82, 2.24) is 9.29 Å². The SMILES string of the molecule is CC(O)[C@H]1C=Cc2c(cn(C)c2C(O)Nc2cc(F)c(F)c(F)c2)S(=N)(=O)N1. The van der Waals surface area contributed by atoms with Gasteiger partial charge < -0.3 is 20.1 Å². The van der Waals surface area contributed by atoms with Gasteiger partial charge in [0.1, 0.15) is 9.92 Å². The molecule has 1 aliphatic heterocycles. The second-order valence-electron chi connectivity index (χ2n) is 6.50. The number of hydrogen-bond donors (Lipinski definition) is 5. The van der Waals surface area contributed by atoms with Crippen molar-refractivity contribution in [3.05, 3.63) is 53.1 Å². The summed E-state index contributed by atoms with van der Waals surface area (Å²) in [7, 11) is -1.96. The van der Waals surface area contributed by atoms with Crippen LogP contribution in [0.4, 0.5) is 18.9 Å². The number of aryl methyl sites for hydroxylation is 1. The predicted octanol–water partition coefficient (Wildman–Crippen LogP) is 2.23. The summed E-state index contributed by atoms with van der Waals surface area (Å²) in [6, 6.07) is 0.635. The molecular formula is C17H19F3N4O3S. The second kappa shape index (κ2) is 7.24. The Morgan fingerprint density at radius 3 is 2.46 bits per heavy atom. The van der Waals surface area contributed by atoms with Gasteiger partial charge in [-0.15, -0.1) is 0 Å².